The number of carbonyl (C=O) groups excluding carboxylic acids is 1. The van der Waals surface area contributed by atoms with Gasteiger partial charge in [-0.15, -0.1) is 0 Å². The average molecular weight is 585 g/mol. The van der Waals surface area contributed by atoms with Crippen molar-refractivity contribution in [1.29, 1.82) is 0 Å². The Bertz CT molecular complexity index is 1540. The highest BCUT2D eigenvalue weighted by Gasteiger charge is 2.29. The summed E-state index contributed by atoms with van der Waals surface area (Å²) in [5.74, 6) is 0.570. The molecule has 1 aliphatic rings. The summed E-state index contributed by atoms with van der Waals surface area (Å²) in [4.78, 5) is 16.0. The van der Waals surface area contributed by atoms with Crippen LogP contribution >= 0.6 is 0 Å². The van der Waals surface area contributed by atoms with Crippen molar-refractivity contribution in [3.63, 3.8) is 0 Å². The zero-order chi connectivity index (χ0) is 29.6. The van der Waals surface area contributed by atoms with Crippen molar-refractivity contribution in [2.45, 2.75) is 58.3 Å². The third kappa shape index (κ3) is 6.84. The van der Waals surface area contributed by atoms with Crippen LogP contribution in [-0.2, 0) is 22.6 Å². The molecule has 3 unspecified atom stereocenters. The van der Waals surface area contributed by atoms with Gasteiger partial charge in [-0.2, -0.15) is 0 Å². The van der Waals surface area contributed by atoms with E-state index in [1.54, 1.807) is 6.07 Å². The minimum Gasteiger partial charge on any atom is -0.755 e. The fourth-order valence-corrected chi connectivity index (χ4v) is 6.39. The Morgan fingerprint density at radius 2 is 1.74 bits per heavy atom. The number of ether oxygens (including phenoxy) is 1. The first kappa shape index (κ1) is 29.8. The number of anilines is 1. The lowest BCUT2D eigenvalue weighted by atomic mass is 9.97. The van der Waals surface area contributed by atoms with Crippen LogP contribution in [0.1, 0.15) is 62.4 Å². The maximum Gasteiger partial charge on any atom is 0.222 e. The number of fused-ring (bicyclic) bond motifs is 2. The number of benzene rings is 4. The fourth-order valence-electron chi connectivity index (χ4n) is 5.70. The van der Waals surface area contributed by atoms with Crippen molar-refractivity contribution in [2.75, 3.05) is 17.5 Å². The second kappa shape index (κ2) is 13.5. The molecule has 0 aliphatic carbocycles. The molecule has 1 heterocycles. The molecule has 0 spiro atoms. The largest absolute Gasteiger partial charge is 0.755 e. The molecule has 0 bridgehead atoms. The number of nitrogens with zero attached hydrogens (tertiary/aromatic N) is 2. The number of amides is 1. The van der Waals surface area contributed by atoms with Gasteiger partial charge in [0.05, 0.1) is 25.1 Å². The van der Waals surface area contributed by atoms with Crippen LogP contribution in [0.15, 0.2) is 91.0 Å². The van der Waals surface area contributed by atoms with Crippen molar-refractivity contribution in [3.05, 3.63) is 108 Å². The van der Waals surface area contributed by atoms with E-state index in [1.807, 2.05) is 72.8 Å². The van der Waals surface area contributed by atoms with Crippen LogP contribution < -0.4 is 14.4 Å². The molecule has 0 fully saturated rings. The van der Waals surface area contributed by atoms with Gasteiger partial charge < -0.3 is 14.6 Å². The van der Waals surface area contributed by atoms with Crippen LogP contribution in [0.3, 0.4) is 0 Å². The lowest BCUT2D eigenvalue weighted by molar-refractivity contribution is -0.122. The molecule has 220 valence electrons. The van der Waals surface area contributed by atoms with E-state index in [-0.39, 0.29) is 18.4 Å². The maximum atomic E-state index is 13.6. The summed E-state index contributed by atoms with van der Waals surface area (Å²) in [6, 6.07) is 28.4. The third-order valence-electron chi connectivity index (χ3n) is 7.97. The van der Waals surface area contributed by atoms with Crippen molar-refractivity contribution in [1.82, 2.24) is 10.2 Å². The van der Waals surface area contributed by atoms with E-state index in [4.69, 9.17) is 4.74 Å². The quantitative estimate of drug-likeness (QED) is 0.205. The van der Waals surface area contributed by atoms with E-state index < -0.39 is 17.3 Å². The molecule has 4 aromatic rings. The van der Waals surface area contributed by atoms with Crippen LogP contribution in [0.2, 0.25) is 0 Å². The van der Waals surface area contributed by atoms with E-state index in [0.29, 0.717) is 24.8 Å². The first-order chi connectivity index (χ1) is 20.3. The molecule has 4 aromatic carbocycles. The van der Waals surface area contributed by atoms with Crippen molar-refractivity contribution >= 4 is 33.6 Å². The second-order valence-corrected chi connectivity index (χ2v) is 11.8. The molecule has 5 rings (SSSR count). The monoisotopic (exact) mass is 584 g/mol. The standard InChI is InChI=1S/C34H39N3O4S/c1-4-36(24(2)3)23-25-14-17-30-31(18-19-41-33(30)20-25)35-34(38)22-32(27-11-6-5-7-12-27)37(42(39)40)29-16-15-26-10-8-9-13-28(26)21-29/h5-17,20-21,24,31-32H,4,18-19,22-23H2,1-3H3,(H,35,38)(H,39,40)/p-1. The smallest absolute Gasteiger partial charge is 0.222 e. The topological polar surface area (TPSA) is 84.9 Å². The molecule has 8 heteroatoms. The minimum atomic E-state index is -2.62. The first-order valence-electron chi connectivity index (χ1n) is 14.6. The van der Waals surface area contributed by atoms with Crippen LogP contribution in [0.25, 0.3) is 10.8 Å². The summed E-state index contributed by atoms with van der Waals surface area (Å²) in [5, 5.41) is 5.12. The zero-order valence-corrected chi connectivity index (χ0v) is 25.2. The molecule has 1 amide bonds. The summed E-state index contributed by atoms with van der Waals surface area (Å²) >= 11 is -2.62. The van der Waals surface area contributed by atoms with Gasteiger partial charge in [0.2, 0.25) is 5.91 Å². The van der Waals surface area contributed by atoms with Gasteiger partial charge in [-0.1, -0.05) is 79.7 Å². The van der Waals surface area contributed by atoms with E-state index in [1.165, 1.54) is 9.87 Å². The molecule has 3 atom stereocenters. The van der Waals surface area contributed by atoms with Gasteiger partial charge in [0, 0.05) is 41.5 Å². The highest BCUT2D eigenvalue weighted by Crippen LogP contribution is 2.36. The number of carbonyl (C=O) groups is 1. The lowest BCUT2D eigenvalue weighted by Gasteiger charge is -2.35. The Morgan fingerprint density at radius 1 is 1.00 bits per heavy atom. The predicted molar refractivity (Wildman–Crippen MR) is 168 cm³/mol. The normalized spacial score (nSPS) is 16.1. The number of nitrogens with one attached hydrogen (secondary N) is 1. The molecular weight excluding hydrogens is 546 g/mol. The van der Waals surface area contributed by atoms with E-state index >= 15 is 0 Å². The molecule has 0 saturated heterocycles. The second-order valence-electron chi connectivity index (χ2n) is 11.0. The Labute approximate surface area is 250 Å². The Hall–Kier alpha value is -3.72. The molecule has 1 N–H and O–H groups in total. The Kier molecular flexibility index (Phi) is 9.57. The molecule has 0 saturated carbocycles. The molecule has 0 aromatic heterocycles. The minimum absolute atomic E-state index is 0.0323. The SMILES string of the molecule is CCN(Cc1ccc2c(c1)OCCC2NC(=O)CC(c1ccccc1)N(c1ccc2ccccc2c1)S(=O)[O-])C(C)C. The van der Waals surface area contributed by atoms with Gasteiger partial charge in [0.25, 0.3) is 0 Å². The van der Waals surface area contributed by atoms with Crippen molar-refractivity contribution in [2.24, 2.45) is 0 Å². The highest BCUT2D eigenvalue weighted by molar-refractivity contribution is 7.80. The molecule has 42 heavy (non-hydrogen) atoms. The van der Waals surface area contributed by atoms with Gasteiger partial charge in [-0.05, 0) is 60.5 Å². The number of rotatable bonds is 11. The highest BCUT2D eigenvalue weighted by atomic mass is 32.2. The summed E-state index contributed by atoms with van der Waals surface area (Å²) in [6.07, 6.45) is 0.610. The van der Waals surface area contributed by atoms with Gasteiger partial charge >= 0.3 is 0 Å². The third-order valence-corrected chi connectivity index (χ3v) is 8.76. The van der Waals surface area contributed by atoms with Gasteiger partial charge in [-0.25, -0.2) is 0 Å². The molecule has 1 aliphatic heterocycles. The Balaban J connectivity index is 1.39. The number of hydrogen-bond donors (Lipinski definition) is 1. The van der Waals surface area contributed by atoms with Crippen LogP contribution in [0.5, 0.6) is 5.75 Å². The maximum absolute atomic E-state index is 13.6. The fraction of sp³-hybridized carbons (Fsp3) is 0.324. The first-order valence-corrected chi connectivity index (χ1v) is 15.6. The molecular formula is C34H38N3O4S-. The summed E-state index contributed by atoms with van der Waals surface area (Å²) < 4.78 is 32.8. The van der Waals surface area contributed by atoms with Crippen LogP contribution in [0.4, 0.5) is 5.69 Å². The number of hydrogen-bond acceptors (Lipinski definition) is 5. The van der Waals surface area contributed by atoms with Gasteiger partial charge in [0.1, 0.15) is 5.75 Å². The summed E-state index contributed by atoms with van der Waals surface area (Å²) in [6.45, 7) is 8.83. The average Bonchev–Trinajstić information content (AvgIpc) is 2.99. The summed E-state index contributed by atoms with van der Waals surface area (Å²) in [7, 11) is 0. The Morgan fingerprint density at radius 3 is 2.45 bits per heavy atom. The van der Waals surface area contributed by atoms with E-state index in [0.717, 1.165) is 40.7 Å². The van der Waals surface area contributed by atoms with Crippen LogP contribution in [-0.4, -0.2) is 38.8 Å². The van der Waals surface area contributed by atoms with Gasteiger partial charge in [-0.3, -0.25) is 18.2 Å². The van der Waals surface area contributed by atoms with Crippen molar-refractivity contribution in [3.8, 4) is 5.75 Å². The molecule has 7 nitrogen and oxygen atoms in total. The van der Waals surface area contributed by atoms with Gasteiger partial charge in [0.15, 0.2) is 0 Å². The summed E-state index contributed by atoms with van der Waals surface area (Å²) in [5.41, 5.74) is 3.37. The molecule has 0 radical (unpaired) electrons. The lowest BCUT2D eigenvalue weighted by Crippen LogP contribution is -2.37. The zero-order valence-electron chi connectivity index (χ0n) is 24.4. The van der Waals surface area contributed by atoms with Crippen molar-refractivity contribution < 1.29 is 18.3 Å². The van der Waals surface area contributed by atoms with E-state index in [9.17, 15) is 13.6 Å². The van der Waals surface area contributed by atoms with E-state index in [2.05, 4.69) is 43.1 Å². The predicted octanol–water partition coefficient (Wildman–Crippen LogP) is 6.44. The van der Waals surface area contributed by atoms with Crippen LogP contribution in [0, 0.1) is 0 Å².